The van der Waals surface area contributed by atoms with Gasteiger partial charge in [0.15, 0.2) is 0 Å². The van der Waals surface area contributed by atoms with Gasteiger partial charge in [0.05, 0.1) is 0 Å². The van der Waals surface area contributed by atoms with Gasteiger partial charge in [-0.05, 0) is 55.7 Å². The van der Waals surface area contributed by atoms with Gasteiger partial charge in [0, 0.05) is 12.5 Å². The quantitative estimate of drug-likeness (QED) is 0.865. The molecular formula is C15H21NO. The minimum absolute atomic E-state index is 0.00567. The number of fused-ring (bicyclic) bond motifs is 1. The summed E-state index contributed by atoms with van der Waals surface area (Å²) in [5, 5.41) is 0. The number of carbonyl (C=O) groups excluding carboxylic acids is 1. The highest BCUT2D eigenvalue weighted by Crippen LogP contribution is 2.25. The van der Waals surface area contributed by atoms with Crippen molar-refractivity contribution in [2.24, 2.45) is 5.73 Å². The molecule has 92 valence electrons. The number of nitrogens with two attached hydrogens (primary N) is 1. The predicted molar refractivity (Wildman–Crippen MR) is 69.9 cm³/mol. The molecule has 0 saturated carbocycles. The molecule has 2 heteroatoms. The van der Waals surface area contributed by atoms with Crippen molar-refractivity contribution in [3.05, 3.63) is 34.9 Å². The largest absolute Gasteiger partial charge is 0.324 e. The lowest BCUT2D eigenvalue weighted by Gasteiger charge is -2.19. The van der Waals surface area contributed by atoms with Crippen LogP contribution >= 0.6 is 0 Å². The number of rotatable bonds is 4. The third-order valence-corrected chi connectivity index (χ3v) is 3.61. The van der Waals surface area contributed by atoms with Crippen molar-refractivity contribution >= 4 is 5.78 Å². The molecule has 0 fully saturated rings. The fraction of sp³-hybridized carbons (Fsp3) is 0.533. The molecule has 0 amide bonds. The molecule has 2 N–H and O–H groups in total. The van der Waals surface area contributed by atoms with E-state index in [0.717, 1.165) is 6.42 Å². The van der Waals surface area contributed by atoms with E-state index in [1.165, 1.54) is 42.4 Å². The minimum atomic E-state index is 0.00567. The van der Waals surface area contributed by atoms with Gasteiger partial charge in [0.2, 0.25) is 0 Å². The van der Waals surface area contributed by atoms with Crippen LogP contribution in [-0.2, 0) is 17.6 Å². The van der Waals surface area contributed by atoms with E-state index >= 15 is 0 Å². The molecule has 1 aromatic rings. The fourth-order valence-corrected chi connectivity index (χ4v) is 2.51. The van der Waals surface area contributed by atoms with Gasteiger partial charge in [-0.25, -0.2) is 0 Å². The highest BCUT2D eigenvalue weighted by atomic mass is 16.1. The topological polar surface area (TPSA) is 43.1 Å². The number of aryl methyl sites for hydroxylation is 2. The lowest BCUT2D eigenvalue weighted by Crippen LogP contribution is -2.13. The molecule has 0 bridgehead atoms. The average Bonchev–Trinajstić information content (AvgIpc) is 2.35. The molecule has 2 rings (SSSR count). The van der Waals surface area contributed by atoms with Crippen LogP contribution in [0.15, 0.2) is 18.2 Å². The second-order valence-corrected chi connectivity index (χ2v) is 5.08. The van der Waals surface area contributed by atoms with Crippen molar-refractivity contribution in [3.8, 4) is 0 Å². The molecule has 0 radical (unpaired) electrons. The van der Waals surface area contributed by atoms with E-state index in [4.69, 9.17) is 5.73 Å². The first-order valence-electron chi connectivity index (χ1n) is 6.53. The summed E-state index contributed by atoms with van der Waals surface area (Å²) in [5.74, 6) is 0.221. The van der Waals surface area contributed by atoms with Gasteiger partial charge in [-0.1, -0.05) is 18.2 Å². The Bertz CT molecular complexity index is 411. The third-order valence-electron chi connectivity index (χ3n) is 3.61. The standard InChI is InChI=1S/C15H21NO/c1-11(17)6-9-15(16)14-8-7-12-4-2-3-5-13(12)10-14/h7-8,10,15H,2-6,9,16H2,1H3. The highest BCUT2D eigenvalue weighted by Gasteiger charge is 2.12. The molecule has 1 aliphatic rings. The zero-order valence-electron chi connectivity index (χ0n) is 10.5. The third kappa shape index (κ3) is 3.16. The van der Waals surface area contributed by atoms with E-state index < -0.39 is 0 Å². The monoisotopic (exact) mass is 231 g/mol. The van der Waals surface area contributed by atoms with Crippen LogP contribution < -0.4 is 5.73 Å². The molecule has 0 heterocycles. The average molecular weight is 231 g/mol. The van der Waals surface area contributed by atoms with Crippen LogP contribution in [0.3, 0.4) is 0 Å². The second kappa shape index (κ2) is 5.46. The van der Waals surface area contributed by atoms with E-state index in [1.54, 1.807) is 6.92 Å². The molecule has 2 nitrogen and oxygen atoms in total. The van der Waals surface area contributed by atoms with Gasteiger partial charge in [0.25, 0.3) is 0 Å². The fourth-order valence-electron chi connectivity index (χ4n) is 2.51. The van der Waals surface area contributed by atoms with Gasteiger partial charge < -0.3 is 10.5 Å². The zero-order chi connectivity index (χ0) is 12.3. The summed E-state index contributed by atoms with van der Waals surface area (Å²) in [6, 6.07) is 6.61. The van der Waals surface area contributed by atoms with Crippen molar-refractivity contribution in [2.45, 2.75) is 51.5 Å². The highest BCUT2D eigenvalue weighted by molar-refractivity contribution is 5.75. The van der Waals surface area contributed by atoms with E-state index in [0.29, 0.717) is 6.42 Å². The second-order valence-electron chi connectivity index (χ2n) is 5.08. The molecular weight excluding hydrogens is 210 g/mol. The van der Waals surface area contributed by atoms with Crippen LogP contribution in [0, 0.1) is 0 Å². The van der Waals surface area contributed by atoms with E-state index in [2.05, 4.69) is 18.2 Å². The number of Topliss-reactive ketones (excluding diaryl/α,β-unsaturated/α-hetero) is 1. The summed E-state index contributed by atoms with van der Waals surface area (Å²) in [4.78, 5) is 11.0. The van der Waals surface area contributed by atoms with Crippen LogP contribution in [0.25, 0.3) is 0 Å². The Morgan fingerprint density at radius 3 is 2.71 bits per heavy atom. The SMILES string of the molecule is CC(=O)CCC(N)c1ccc2c(c1)CCCC2. The predicted octanol–water partition coefficient (Wildman–Crippen LogP) is 2.93. The summed E-state index contributed by atoms with van der Waals surface area (Å²) in [6.07, 6.45) is 6.33. The van der Waals surface area contributed by atoms with Crippen molar-refractivity contribution in [1.29, 1.82) is 0 Å². The number of carbonyl (C=O) groups is 1. The first-order valence-corrected chi connectivity index (χ1v) is 6.53. The Hall–Kier alpha value is -1.15. The lowest BCUT2D eigenvalue weighted by molar-refractivity contribution is -0.117. The summed E-state index contributed by atoms with van der Waals surface area (Å²) < 4.78 is 0. The maximum Gasteiger partial charge on any atom is 0.129 e. The van der Waals surface area contributed by atoms with Crippen molar-refractivity contribution < 1.29 is 4.79 Å². The molecule has 0 saturated heterocycles. The Balaban J connectivity index is 2.08. The molecule has 17 heavy (non-hydrogen) atoms. The van der Waals surface area contributed by atoms with Gasteiger partial charge in [0.1, 0.15) is 5.78 Å². The maximum absolute atomic E-state index is 11.0. The molecule has 1 unspecified atom stereocenters. The lowest BCUT2D eigenvalue weighted by atomic mass is 9.88. The Labute approximate surface area is 103 Å². The Morgan fingerprint density at radius 2 is 2.00 bits per heavy atom. The summed E-state index contributed by atoms with van der Waals surface area (Å²) >= 11 is 0. The molecule has 0 aliphatic heterocycles. The summed E-state index contributed by atoms with van der Waals surface area (Å²) in [6.45, 7) is 1.62. The van der Waals surface area contributed by atoms with Gasteiger partial charge in [-0.3, -0.25) is 0 Å². The van der Waals surface area contributed by atoms with Crippen molar-refractivity contribution in [1.82, 2.24) is 0 Å². The van der Waals surface area contributed by atoms with Crippen LogP contribution in [0.1, 0.15) is 55.3 Å². The van der Waals surface area contributed by atoms with Gasteiger partial charge in [-0.2, -0.15) is 0 Å². The van der Waals surface area contributed by atoms with Crippen LogP contribution in [-0.4, -0.2) is 5.78 Å². The van der Waals surface area contributed by atoms with Crippen molar-refractivity contribution in [2.75, 3.05) is 0 Å². The summed E-state index contributed by atoms with van der Waals surface area (Å²) in [7, 11) is 0. The molecule has 1 aliphatic carbocycles. The Kier molecular flexibility index (Phi) is 3.95. The van der Waals surface area contributed by atoms with E-state index in [9.17, 15) is 4.79 Å². The minimum Gasteiger partial charge on any atom is -0.324 e. The van der Waals surface area contributed by atoms with Gasteiger partial charge >= 0.3 is 0 Å². The number of hydrogen-bond acceptors (Lipinski definition) is 2. The first-order chi connectivity index (χ1) is 8.16. The molecule has 0 aromatic heterocycles. The van der Waals surface area contributed by atoms with Gasteiger partial charge in [-0.15, -0.1) is 0 Å². The maximum atomic E-state index is 11.0. The summed E-state index contributed by atoms with van der Waals surface area (Å²) in [5.41, 5.74) is 10.3. The van der Waals surface area contributed by atoms with Crippen molar-refractivity contribution in [3.63, 3.8) is 0 Å². The normalized spacial score (nSPS) is 16.4. The van der Waals surface area contributed by atoms with E-state index in [-0.39, 0.29) is 11.8 Å². The Morgan fingerprint density at radius 1 is 1.29 bits per heavy atom. The number of hydrogen-bond donors (Lipinski definition) is 1. The van der Waals surface area contributed by atoms with E-state index in [1.807, 2.05) is 0 Å². The van der Waals surface area contributed by atoms with Crippen LogP contribution in [0.5, 0.6) is 0 Å². The molecule has 1 atom stereocenters. The zero-order valence-corrected chi connectivity index (χ0v) is 10.5. The first kappa shape index (κ1) is 12.3. The van der Waals surface area contributed by atoms with Crippen LogP contribution in [0.2, 0.25) is 0 Å². The molecule has 1 aromatic carbocycles. The van der Waals surface area contributed by atoms with Crippen LogP contribution in [0.4, 0.5) is 0 Å². The number of ketones is 1. The number of benzene rings is 1. The molecule has 0 spiro atoms. The smallest absolute Gasteiger partial charge is 0.129 e.